The van der Waals surface area contributed by atoms with Crippen molar-refractivity contribution >= 4 is 35.0 Å². The number of carbonyl (C=O) groups is 1. The summed E-state index contributed by atoms with van der Waals surface area (Å²) in [5, 5.41) is 10.5. The Bertz CT molecular complexity index is 652. The zero-order valence-corrected chi connectivity index (χ0v) is 11.7. The monoisotopic (exact) mass is 312 g/mol. The van der Waals surface area contributed by atoms with Crippen LogP contribution >= 0.6 is 22.9 Å². The van der Waals surface area contributed by atoms with Crippen molar-refractivity contribution in [3.63, 3.8) is 0 Å². The maximum Gasteiger partial charge on any atom is 0.328 e. The van der Waals surface area contributed by atoms with Gasteiger partial charge in [-0.2, -0.15) is 0 Å². The Morgan fingerprint density at radius 3 is 2.95 bits per heavy atom. The first-order valence-electron chi connectivity index (χ1n) is 5.61. The molecule has 104 valence electrons. The van der Waals surface area contributed by atoms with Crippen LogP contribution in [0, 0.1) is 5.82 Å². The first-order valence-corrected chi connectivity index (χ1v) is 6.87. The third-order valence-electron chi connectivity index (χ3n) is 2.45. The summed E-state index contributed by atoms with van der Waals surface area (Å²) in [6, 6.07) is 6.01. The molecule has 1 aromatic heterocycles. The van der Waals surface area contributed by atoms with E-state index in [4.69, 9.17) is 21.4 Å². The van der Waals surface area contributed by atoms with Crippen LogP contribution < -0.4 is 4.74 Å². The van der Waals surface area contributed by atoms with Gasteiger partial charge in [-0.25, -0.2) is 9.18 Å². The van der Waals surface area contributed by atoms with Crippen molar-refractivity contribution in [1.29, 1.82) is 0 Å². The highest BCUT2D eigenvalue weighted by atomic mass is 35.5. The van der Waals surface area contributed by atoms with Gasteiger partial charge in [0.2, 0.25) is 0 Å². The van der Waals surface area contributed by atoms with Gasteiger partial charge in [-0.1, -0.05) is 11.6 Å². The van der Waals surface area contributed by atoms with Crippen LogP contribution in [0.5, 0.6) is 5.75 Å². The summed E-state index contributed by atoms with van der Waals surface area (Å²) in [5.74, 6) is -1.18. The number of carboxylic acids is 1. The maximum atomic E-state index is 13.2. The molecule has 3 nitrogen and oxygen atoms in total. The predicted molar refractivity (Wildman–Crippen MR) is 76.7 cm³/mol. The van der Waals surface area contributed by atoms with E-state index in [2.05, 4.69) is 0 Å². The Kier molecular flexibility index (Phi) is 4.76. The van der Waals surface area contributed by atoms with Gasteiger partial charge in [0.15, 0.2) is 0 Å². The van der Waals surface area contributed by atoms with Gasteiger partial charge in [0.25, 0.3) is 0 Å². The molecule has 0 fully saturated rings. The van der Waals surface area contributed by atoms with Gasteiger partial charge in [-0.05, 0) is 35.2 Å². The van der Waals surface area contributed by atoms with Crippen molar-refractivity contribution in [3.8, 4) is 5.75 Å². The normalized spacial score (nSPS) is 10.9. The van der Waals surface area contributed by atoms with E-state index in [-0.39, 0.29) is 11.6 Å². The maximum absolute atomic E-state index is 13.2. The molecule has 0 saturated heterocycles. The lowest BCUT2D eigenvalue weighted by Crippen LogP contribution is -1.95. The number of rotatable bonds is 5. The Morgan fingerprint density at radius 2 is 2.25 bits per heavy atom. The Labute approximate surface area is 123 Å². The number of ether oxygens (including phenoxy) is 1. The largest absolute Gasteiger partial charge is 0.488 e. The molecule has 6 heteroatoms. The van der Waals surface area contributed by atoms with Crippen molar-refractivity contribution in [2.24, 2.45) is 0 Å². The minimum absolute atomic E-state index is 0.0403. The molecule has 0 aliphatic heterocycles. The smallest absolute Gasteiger partial charge is 0.328 e. The van der Waals surface area contributed by atoms with Crippen molar-refractivity contribution in [2.45, 2.75) is 6.61 Å². The molecule has 1 N–H and O–H groups in total. The van der Waals surface area contributed by atoms with Gasteiger partial charge in [-0.15, -0.1) is 11.3 Å². The lowest BCUT2D eigenvalue weighted by atomic mass is 10.2. The molecule has 0 bridgehead atoms. The molecule has 1 heterocycles. The summed E-state index contributed by atoms with van der Waals surface area (Å²) < 4.78 is 18.7. The van der Waals surface area contributed by atoms with Gasteiger partial charge in [0, 0.05) is 17.0 Å². The van der Waals surface area contributed by atoms with Crippen LogP contribution in [0.25, 0.3) is 6.08 Å². The number of halogens is 2. The summed E-state index contributed by atoms with van der Waals surface area (Å²) in [4.78, 5) is 11.3. The van der Waals surface area contributed by atoms with Crippen molar-refractivity contribution < 1.29 is 19.0 Å². The molecule has 0 spiro atoms. The average molecular weight is 313 g/mol. The summed E-state index contributed by atoms with van der Waals surface area (Å²) in [6.45, 7) is 0.234. The second kappa shape index (κ2) is 6.54. The van der Waals surface area contributed by atoms with E-state index in [0.29, 0.717) is 5.75 Å². The molecule has 0 radical (unpaired) electrons. The lowest BCUT2D eigenvalue weighted by molar-refractivity contribution is -0.131. The fraction of sp³-hybridized carbons (Fsp3) is 0.0714. The van der Waals surface area contributed by atoms with Crippen molar-refractivity contribution in [1.82, 2.24) is 0 Å². The second-order valence-corrected chi connectivity index (χ2v) is 5.24. The molecule has 2 rings (SSSR count). The summed E-state index contributed by atoms with van der Waals surface area (Å²) in [5.41, 5.74) is 0.770. The Morgan fingerprint density at radius 1 is 1.45 bits per heavy atom. The molecule has 0 saturated carbocycles. The van der Waals surface area contributed by atoms with E-state index >= 15 is 0 Å². The van der Waals surface area contributed by atoms with Gasteiger partial charge in [-0.3, -0.25) is 0 Å². The molecule has 0 amide bonds. The lowest BCUT2D eigenvalue weighted by Gasteiger charge is -2.06. The standard InChI is InChI=1S/C14H10ClFO3S/c15-11-3-2-10(7-12(11)16)19-8-13-9(5-6-20-13)1-4-14(17)18/h1-7H,8H2,(H,17,18)/b4-1+. The van der Waals surface area contributed by atoms with Crippen LogP contribution in [0.2, 0.25) is 5.02 Å². The molecule has 0 unspecified atom stereocenters. The van der Waals surface area contributed by atoms with E-state index in [0.717, 1.165) is 16.5 Å². The molecule has 1 aromatic carbocycles. The fourth-order valence-electron chi connectivity index (χ4n) is 1.49. The van der Waals surface area contributed by atoms with Crippen LogP contribution in [0.4, 0.5) is 4.39 Å². The van der Waals surface area contributed by atoms with Crippen LogP contribution in [0.15, 0.2) is 35.7 Å². The quantitative estimate of drug-likeness (QED) is 0.841. The molecule has 0 aliphatic rings. The minimum atomic E-state index is -1.01. The van der Waals surface area contributed by atoms with Crippen molar-refractivity contribution in [3.05, 3.63) is 57.0 Å². The second-order valence-electron chi connectivity index (χ2n) is 3.84. The van der Waals surface area contributed by atoms with Gasteiger partial charge >= 0.3 is 5.97 Å². The fourth-order valence-corrected chi connectivity index (χ4v) is 2.39. The van der Waals surface area contributed by atoms with E-state index in [1.54, 1.807) is 12.1 Å². The topological polar surface area (TPSA) is 46.5 Å². The van der Waals surface area contributed by atoms with Gasteiger partial charge in [0.1, 0.15) is 18.2 Å². The number of thiophene rings is 1. The number of hydrogen-bond acceptors (Lipinski definition) is 3. The van der Waals surface area contributed by atoms with Crippen LogP contribution in [0.1, 0.15) is 10.4 Å². The predicted octanol–water partition coefficient (Wildman–Crippen LogP) is 4.22. The van der Waals surface area contributed by atoms with Gasteiger partial charge < -0.3 is 9.84 Å². The summed E-state index contributed by atoms with van der Waals surface area (Å²) in [7, 11) is 0. The van der Waals surface area contributed by atoms with Gasteiger partial charge in [0.05, 0.1) is 5.02 Å². The van der Waals surface area contributed by atoms with E-state index in [1.807, 2.05) is 5.38 Å². The van der Waals surface area contributed by atoms with E-state index in [1.165, 1.54) is 29.5 Å². The van der Waals surface area contributed by atoms with E-state index < -0.39 is 11.8 Å². The van der Waals surface area contributed by atoms with Crippen LogP contribution in [-0.2, 0) is 11.4 Å². The highest BCUT2D eigenvalue weighted by molar-refractivity contribution is 7.10. The van der Waals surface area contributed by atoms with E-state index in [9.17, 15) is 9.18 Å². The number of carboxylic acid groups (broad SMARTS) is 1. The third-order valence-corrected chi connectivity index (χ3v) is 3.66. The molecule has 0 atom stereocenters. The summed E-state index contributed by atoms with van der Waals surface area (Å²) >= 11 is 7.02. The highest BCUT2D eigenvalue weighted by Gasteiger charge is 2.05. The number of hydrogen-bond donors (Lipinski definition) is 1. The molecular weight excluding hydrogens is 303 g/mol. The zero-order chi connectivity index (χ0) is 14.5. The average Bonchev–Trinajstić information content (AvgIpc) is 2.85. The summed E-state index contributed by atoms with van der Waals surface area (Å²) in [6.07, 6.45) is 2.56. The molecular formula is C14H10ClFO3S. The first kappa shape index (κ1) is 14.6. The molecule has 2 aromatic rings. The SMILES string of the molecule is O=C(O)/C=C/c1ccsc1COc1ccc(Cl)c(F)c1. The minimum Gasteiger partial charge on any atom is -0.488 e. The number of benzene rings is 1. The van der Waals surface area contributed by atoms with Crippen LogP contribution in [-0.4, -0.2) is 11.1 Å². The zero-order valence-electron chi connectivity index (χ0n) is 10.2. The first-order chi connectivity index (χ1) is 9.56. The Balaban J connectivity index is 2.05. The number of aliphatic carboxylic acids is 1. The van der Waals surface area contributed by atoms with Crippen LogP contribution in [0.3, 0.4) is 0 Å². The van der Waals surface area contributed by atoms with Crippen molar-refractivity contribution in [2.75, 3.05) is 0 Å². The highest BCUT2D eigenvalue weighted by Crippen LogP contribution is 2.24. The Hall–Kier alpha value is -1.85. The molecule has 0 aliphatic carbocycles. The third kappa shape index (κ3) is 3.82. The molecule has 20 heavy (non-hydrogen) atoms.